The molecule has 10 heteroatoms. The maximum atomic E-state index is 14.6. The SMILES string of the molecule is COc1ccc(N(CC(=O)N(Cc2cccc(Br)c2)[C@H](Cc2ccccc2)C(=O)NC(C)(C)C)S(=O)(=O)c2ccc(C)cc2)cc1. The summed E-state index contributed by atoms with van der Waals surface area (Å²) in [5, 5.41) is 3.04. The van der Waals surface area contributed by atoms with Crippen LogP contribution < -0.4 is 14.4 Å². The summed E-state index contributed by atoms with van der Waals surface area (Å²) in [7, 11) is -2.67. The van der Waals surface area contributed by atoms with Crippen molar-refractivity contribution in [3.05, 3.63) is 124 Å². The molecule has 0 heterocycles. The third kappa shape index (κ3) is 9.20. The van der Waals surface area contributed by atoms with E-state index in [4.69, 9.17) is 4.74 Å². The van der Waals surface area contributed by atoms with E-state index in [1.165, 1.54) is 24.1 Å². The van der Waals surface area contributed by atoms with E-state index in [0.29, 0.717) is 5.75 Å². The van der Waals surface area contributed by atoms with E-state index in [1.807, 2.05) is 82.3 Å². The van der Waals surface area contributed by atoms with Crippen LogP contribution in [0.1, 0.15) is 37.5 Å². The maximum absolute atomic E-state index is 14.6. The Hall–Kier alpha value is -4.15. The number of ether oxygens (including phenoxy) is 1. The van der Waals surface area contributed by atoms with Gasteiger partial charge in [0.15, 0.2) is 0 Å². The third-order valence-electron chi connectivity index (χ3n) is 7.26. The lowest BCUT2D eigenvalue weighted by Crippen LogP contribution is -2.56. The molecular weight excluding hydrogens is 666 g/mol. The quantitative estimate of drug-likeness (QED) is 0.181. The van der Waals surface area contributed by atoms with Crippen molar-refractivity contribution in [1.29, 1.82) is 0 Å². The molecule has 46 heavy (non-hydrogen) atoms. The second-order valence-electron chi connectivity index (χ2n) is 12.1. The number of nitrogens with one attached hydrogen (secondary N) is 1. The van der Waals surface area contributed by atoms with Crippen LogP contribution in [0.15, 0.2) is 112 Å². The van der Waals surface area contributed by atoms with Gasteiger partial charge in [0.25, 0.3) is 10.0 Å². The average Bonchev–Trinajstić information content (AvgIpc) is 3.01. The molecule has 1 N–H and O–H groups in total. The molecule has 0 bridgehead atoms. The highest BCUT2D eigenvalue weighted by atomic mass is 79.9. The fraction of sp³-hybridized carbons (Fsp3) is 0.278. The largest absolute Gasteiger partial charge is 0.497 e. The lowest BCUT2D eigenvalue weighted by molar-refractivity contribution is -0.140. The second-order valence-corrected chi connectivity index (χ2v) is 14.9. The summed E-state index contributed by atoms with van der Waals surface area (Å²) < 4.78 is 35.6. The number of carbonyl (C=O) groups excluding carboxylic acids is 2. The number of hydrogen-bond donors (Lipinski definition) is 1. The number of nitrogens with zero attached hydrogens (tertiary/aromatic N) is 2. The molecule has 0 radical (unpaired) electrons. The molecule has 242 valence electrons. The molecule has 4 rings (SSSR count). The Balaban J connectivity index is 1.82. The lowest BCUT2D eigenvalue weighted by atomic mass is 10.0. The normalized spacial score (nSPS) is 12.2. The Morgan fingerprint density at radius 3 is 2.09 bits per heavy atom. The van der Waals surface area contributed by atoms with Crippen molar-refractivity contribution < 1.29 is 22.7 Å². The van der Waals surface area contributed by atoms with Crippen molar-refractivity contribution in [3.63, 3.8) is 0 Å². The van der Waals surface area contributed by atoms with Gasteiger partial charge in [0.05, 0.1) is 17.7 Å². The number of halogens is 1. The number of hydrogen-bond acceptors (Lipinski definition) is 5. The van der Waals surface area contributed by atoms with Crippen LogP contribution in [0.5, 0.6) is 5.75 Å². The molecule has 0 fully saturated rings. The minimum absolute atomic E-state index is 0.0477. The van der Waals surface area contributed by atoms with Crippen LogP contribution in [0.25, 0.3) is 0 Å². The van der Waals surface area contributed by atoms with E-state index >= 15 is 0 Å². The number of aryl methyl sites for hydroxylation is 1. The van der Waals surface area contributed by atoms with Crippen LogP contribution in [-0.4, -0.2) is 50.4 Å². The van der Waals surface area contributed by atoms with Gasteiger partial charge in [-0.2, -0.15) is 0 Å². The summed E-state index contributed by atoms with van der Waals surface area (Å²) >= 11 is 3.51. The van der Waals surface area contributed by atoms with Crippen LogP contribution in [0.2, 0.25) is 0 Å². The van der Waals surface area contributed by atoms with E-state index in [0.717, 1.165) is 25.5 Å². The predicted octanol–water partition coefficient (Wildman–Crippen LogP) is 6.52. The number of benzene rings is 4. The standard InChI is InChI=1S/C36H40BrN3O5S/c1-26-14-20-32(21-15-26)46(43,44)40(30-16-18-31(45-5)19-17-30)25-34(41)39(24-28-12-9-13-29(37)22-28)33(35(42)38-36(2,3)4)23-27-10-7-6-8-11-27/h6-22,33H,23-25H2,1-5H3,(H,38,42)/t33-/m1/s1. The van der Waals surface area contributed by atoms with Crippen molar-refractivity contribution in [3.8, 4) is 5.75 Å². The molecule has 0 aliphatic heterocycles. The molecule has 0 aliphatic rings. The Kier molecular flexibility index (Phi) is 11.3. The fourth-order valence-electron chi connectivity index (χ4n) is 4.95. The first-order valence-corrected chi connectivity index (χ1v) is 17.1. The van der Waals surface area contributed by atoms with Gasteiger partial charge in [-0.05, 0) is 87.4 Å². The van der Waals surface area contributed by atoms with Crippen LogP contribution in [0, 0.1) is 6.92 Å². The van der Waals surface area contributed by atoms with E-state index < -0.39 is 34.1 Å². The van der Waals surface area contributed by atoms with Crippen LogP contribution >= 0.6 is 15.9 Å². The molecule has 8 nitrogen and oxygen atoms in total. The highest BCUT2D eigenvalue weighted by Crippen LogP contribution is 2.27. The van der Waals surface area contributed by atoms with Gasteiger partial charge in [-0.15, -0.1) is 0 Å². The van der Waals surface area contributed by atoms with Crippen LogP contribution in [0.3, 0.4) is 0 Å². The van der Waals surface area contributed by atoms with E-state index in [2.05, 4.69) is 21.2 Å². The summed E-state index contributed by atoms with van der Waals surface area (Å²) in [6.45, 7) is 7.05. The molecule has 0 saturated heterocycles. The molecule has 2 amide bonds. The Bertz CT molecular complexity index is 1740. The summed E-state index contributed by atoms with van der Waals surface area (Å²) in [4.78, 5) is 30.1. The van der Waals surface area contributed by atoms with E-state index in [9.17, 15) is 18.0 Å². The minimum atomic E-state index is -4.20. The van der Waals surface area contributed by atoms with Gasteiger partial charge < -0.3 is 15.0 Å². The third-order valence-corrected chi connectivity index (χ3v) is 9.54. The van der Waals surface area contributed by atoms with Crippen molar-refractivity contribution in [1.82, 2.24) is 10.2 Å². The summed E-state index contributed by atoms with van der Waals surface area (Å²) in [6.07, 6.45) is 0.232. The molecule has 0 saturated carbocycles. The first-order chi connectivity index (χ1) is 21.8. The topological polar surface area (TPSA) is 96.0 Å². The molecule has 4 aromatic carbocycles. The number of rotatable bonds is 12. The van der Waals surface area contributed by atoms with E-state index in [1.54, 1.807) is 36.4 Å². The van der Waals surface area contributed by atoms with Crippen LogP contribution in [0.4, 0.5) is 5.69 Å². The first-order valence-electron chi connectivity index (χ1n) is 14.9. The minimum Gasteiger partial charge on any atom is -0.497 e. The summed E-state index contributed by atoms with van der Waals surface area (Å²) in [6, 6.07) is 29.0. The van der Waals surface area contributed by atoms with Crippen LogP contribution in [-0.2, 0) is 32.6 Å². The molecule has 0 spiro atoms. The van der Waals surface area contributed by atoms with Crippen molar-refractivity contribution in [2.45, 2.75) is 57.1 Å². The van der Waals surface area contributed by atoms with Crippen molar-refractivity contribution >= 4 is 43.5 Å². The Morgan fingerprint density at radius 1 is 0.870 bits per heavy atom. The van der Waals surface area contributed by atoms with Gasteiger partial charge in [-0.1, -0.05) is 76.1 Å². The van der Waals surface area contributed by atoms with Gasteiger partial charge in [-0.25, -0.2) is 8.42 Å². The number of carbonyl (C=O) groups is 2. The van der Waals surface area contributed by atoms with Gasteiger partial charge in [0, 0.05) is 23.0 Å². The highest BCUT2D eigenvalue weighted by Gasteiger charge is 2.35. The molecule has 4 aromatic rings. The Labute approximate surface area is 280 Å². The molecule has 1 atom stereocenters. The van der Waals surface area contributed by atoms with E-state index in [-0.39, 0.29) is 29.5 Å². The zero-order valence-corrected chi connectivity index (χ0v) is 29.1. The average molecular weight is 707 g/mol. The first kappa shape index (κ1) is 34.7. The summed E-state index contributed by atoms with van der Waals surface area (Å²) in [5.41, 5.74) is 2.26. The number of methoxy groups -OCH3 is 1. The smallest absolute Gasteiger partial charge is 0.264 e. The Morgan fingerprint density at radius 2 is 1.50 bits per heavy atom. The lowest BCUT2D eigenvalue weighted by Gasteiger charge is -2.35. The molecule has 0 aromatic heterocycles. The predicted molar refractivity (Wildman–Crippen MR) is 185 cm³/mol. The monoisotopic (exact) mass is 705 g/mol. The number of amides is 2. The second kappa shape index (κ2) is 15.0. The van der Waals surface area contributed by atoms with Gasteiger partial charge in [0.1, 0.15) is 18.3 Å². The maximum Gasteiger partial charge on any atom is 0.264 e. The van der Waals surface area contributed by atoms with Crippen molar-refractivity contribution in [2.24, 2.45) is 0 Å². The molecule has 0 aliphatic carbocycles. The zero-order valence-electron chi connectivity index (χ0n) is 26.7. The zero-order chi connectivity index (χ0) is 33.5. The van der Waals surface area contributed by atoms with Gasteiger partial charge in [0.2, 0.25) is 11.8 Å². The number of anilines is 1. The van der Waals surface area contributed by atoms with Crippen molar-refractivity contribution in [2.75, 3.05) is 18.0 Å². The highest BCUT2D eigenvalue weighted by molar-refractivity contribution is 9.10. The molecule has 0 unspecified atom stereocenters. The summed E-state index contributed by atoms with van der Waals surface area (Å²) in [5.74, 6) is -0.325. The fourth-order valence-corrected chi connectivity index (χ4v) is 6.81. The van der Waals surface area contributed by atoms with Gasteiger partial charge in [-0.3, -0.25) is 13.9 Å². The molecular formula is C36H40BrN3O5S. The van der Waals surface area contributed by atoms with Gasteiger partial charge >= 0.3 is 0 Å². The number of sulfonamides is 1.